The summed E-state index contributed by atoms with van der Waals surface area (Å²) < 4.78 is 6.78. The number of amides is 1. The maximum Gasteiger partial charge on any atom is 0.246 e. The zero-order valence-corrected chi connectivity index (χ0v) is 14.5. The fourth-order valence-electron chi connectivity index (χ4n) is 2.57. The lowest BCUT2D eigenvalue weighted by Crippen LogP contribution is -2.28. The number of halogens is 1. The van der Waals surface area contributed by atoms with Crippen molar-refractivity contribution in [3.63, 3.8) is 0 Å². The van der Waals surface area contributed by atoms with Gasteiger partial charge in [0.05, 0.1) is 0 Å². The van der Waals surface area contributed by atoms with E-state index in [9.17, 15) is 4.79 Å². The van der Waals surface area contributed by atoms with Crippen LogP contribution in [-0.4, -0.2) is 23.9 Å². The zero-order valence-electron chi connectivity index (χ0n) is 12.9. The maximum absolute atomic E-state index is 12.2. The highest BCUT2D eigenvalue weighted by Crippen LogP contribution is 2.32. The van der Waals surface area contributed by atoms with Gasteiger partial charge in [-0.15, -0.1) is 0 Å². The highest BCUT2D eigenvalue weighted by Gasteiger charge is 2.15. The van der Waals surface area contributed by atoms with Crippen LogP contribution in [0.3, 0.4) is 0 Å². The van der Waals surface area contributed by atoms with Crippen LogP contribution in [0.4, 0.5) is 0 Å². The molecule has 0 fully saturated rings. The number of fused-ring (bicyclic) bond motifs is 1. The van der Waals surface area contributed by atoms with Crippen molar-refractivity contribution in [1.82, 2.24) is 4.90 Å². The van der Waals surface area contributed by atoms with Crippen molar-refractivity contribution in [2.75, 3.05) is 13.1 Å². The summed E-state index contributed by atoms with van der Waals surface area (Å²) in [5, 5.41) is 1.03. The number of benzene rings is 1. The molecule has 0 atom stereocenters. The van der Waals surface area contributed by atoms with E-state index < -0.39 is 0 Å². The van der Waals surface area contributed by atoms with Crippen LogP contribution in [-0.2, 0) is 4.79 Å². The number of hydrogen-bond donors (Lipinski definition) is 0. The van der Waals surface area contributed by atoms with E-state index in [0.717, 1.165) is 45.4 Å². The predicted molar refractivity (Wildman–Crippen MR) is 90.2 cm³/mol. The van der Waals surface area contributed by atoms with E-state index in [2.05, 4.69) is 15.9 Å². The van der Waals surface area contributed by atoms with Crippen molar-refractivity contribution >= 4 is 38.4 Å². The molecular formula is C17H20BrNO2. The molecule has 0 aliphatic heterocycles. The molecule has 1 aromatic carbocycles. The van der Waals surface area contributed by atoms with Crippen molar-refractivity contribution < 1.29 is 9.21 Å². The standard InChI is InChI=1S/C17H20BrNO2/c1-5-19(6-2)16(20)9-11(3)17-12(4)21-15-8-7-13(18)10-14(15)17/h7-10H,5-6H2,1-4H3/b11-9+. The van der Waals surface area contributed by atoms with Gasteiger partial charge in [0.25, 0.3) is 0 Å². The van der Waals surface area contributed by atoms with Crippen LogP contribution in [0.15, 0.2) is 33.2 Å². The molecular weight excluding hydrogens is 330 g/mol. The summed E-state index contributed by atoms with van der Waals surface area (Å²) in [5.74, 6) is 0.880. The topological polar surface area (TPSA) is 33.5 Å². The van der Waals surface area contributed by atoms with E-state index in [4.69, 9.17) is 4.42 Å². The molecule has 2 rings (SSSR count). The quantitative estimate of drug-likeness (QED) is 0.744. The molecule has 1 aromatic heterocycles. The first-order chi connectivity index (χ1) is 9.97. The molecule has 112 valence electrons. The average Bonchev–Trinajstić information content (AvgIpc) is 2.75. The molecule has 0 N–H and O–H groups in total. The Morgan fingerprint density at radius 2 is 2.00 bits per heavy atom. The number of aryl methyl sites for hydroxylation is 1. The fraction of sp³-hybridized carbons (Fsp3) is 0.353. The van der Waals surface area contributed by atoms with Crippen molar-refractivity contribution in [1.29, 1.82) is 0 Å². The van der Waals surface area contributed by atoms with Crippen molar-refractivity contribution in [3.05, 3.63) is 40.1 Å². The van der Waals surface area contributed by atoms with Gasteiger partial charge in [-0.05, 0) is 51.5 Å². The van der Waals surface area contributed by atoms with Crippen LogP contribution < -0.4 is 0 Å². The number of furan rings is 1. The predicted octanol–water partition coefficient (Wildman–Crippen LogP) is 4.78. The molecule has 0 saturated heterocycles. The molecule has 21 heavy (non-hydrogen) atoms. The van der Waals surface area contributed by atoms with E-state index >= 15 is 0 Å². The van der Waals surface area contributed by atoms with E-state index in [0.29, 0.717) is 0 Å². The lowest BCUT2D eigenvalue weighted by atomic mass is 10.0. The monoisotopic (exact) mass is 349 g/mol. The summed E-state index contributed by atoms with van der Waals surface area (Å²) in [6.07, 6.45) is 1.70. The molecule has 0 aliphatic carbocycles. The smallest absolute Gasteiger partial charge is 0.246 e. The normalized spacial score (nSPS) is 12.0. The molecule has 0 aliphatic rings. The first kappa shape index (κ1) is 15.8. The van der Waals surface area contributed by atoms with E-state index in [1.807, 2.05) is 45.9 Å². The van der Waals surface area contributed by atoms with Crippen molar-refractivity contribution in [2.45, 2.75) is 27.7 Å². The SMILES string of the molecule is CCN(CC)C(=O)/C=C(\C)c1c(C)oc2ccc(Br)cc12. The molecule has 1 amide bonds. The second-order valence-corrected chi connectivity index (χ2v) is 5.93. The number of rotatable bonds is 4. The third-order valence-electron chi connectivity index (χ3n) is 3.64. The first-order valence-corrected chi connectivity index (χ1v) is 7.93. The molecule has 1 heterocycles. The molecule has 0 bridgehead atoms. The third kappa shape index (κ3) is 3.21. The maximum atomic E-state index is 12.2. The lowest BCUT2D eigenvalue weighted by molar-refractivity contribution is -0.125. The molecule has 0 radical (unpaired) electrons. The van der Waals surface area contributed by atoms with Gasteiger partial charge in [-0.3, -0.25) is 4.79 Å². The Kier molecular flexibility index (Phi) is 4.88. The largest absolute Gasteiger partial charge is 0.461 e. The van der Waals surface area contributed by atoms with Crippen LogP contribution in [0.25, 0.3) is 16.5 Å². The van der Waals surface area contributed by atoms with Crippen LogP contribution in [0, 0.1) is 6.92 Å². The number of likely N-dealkylation sites (N-methyl/N-ethyl adjacent to an activating group) is 1. The summed E-state index contributed by atoms with van der Waals surface area (Å²) in [6, 6.07) is 5.92. The van der Waals surface area contributed by atoms with Gasteiger partial charge in [0.15, 0.2) is 0 Å². The summed E-state index contributed by atoms with van der Waals surface area (Å²) >= 11 is 3.49. The van der Waals surface area contributed by atoms with Gasteiger partial charge in [0.2, 0.25) is 5.91 Å². The number of hydrogen-bond acceptors (Lipinski definition) is 2. The number of carbonyl (C=O) groups is 1. The molecule has 0 unspecified atom stereocenters. The van der Waals surface area contributed by atoms with Crippen molar-refractivity contribution in [2.24, 2.45) is 0 Å². The fourth-order valence-corrected chi connectivity index (χ4v) is 2.93. The lowest BCUT2D eigenvalue weighted by Gasteiger charge is -2.16. The summed E-state index contributed by atoms with van der Waals surface area (Å²) in [4.78, 5) is 14.0. The Balaban J connectivity index is 2.48. The van der Waals surface area contributed by atoms with Crippen molar-refractivity contribution in [3.8, 4) is 0 Å². The van der Waals surface area contributed by atoms with Gasteiger partial charge in [0, 0.05) is 34.6 Å². The van der Waals surface area contributed by atoms with Gasteiger partial charge in [0.1, 0.15) is 11.3 Å². The Labute approximate surface area is 133 Å². The van der Waals surface area contributed by atoms with E-state index in [1.165, 1.54) is 0 Å². The van der Waals surface area contributed by atoms with Crippen LogP contribution >= 0.6 is 15.9 Å². The first-order valence-electron chi connectivity index (χ1n) is 7.14. The van der Waals surface area contributed by atoms with Crippen LogP contribution in [0.1, 0.15) is 32.1 Å². The van der Waals surface area contributed by atoms with Crippen LogP contribution in [0.5, 0.6) is 0 Å². The third-order valence-corrected chi connectivity index (χ3v) is 4.13. The molecule has 0 spiro atoms. The minimum atomic E-state index is 0.0428. The minimum Gasteiger partial charge on any atom is -0.461 e. The minimum absolute atomic E-state index is 0.0428. The Bertz CT molecular complexity index is 696. The summed E-state index contributed by atoms with van der Waals surface area (Å²) in [7, 11) is 0. The molecule has 0 saturated carbocycles. The Morgan fingerprint density at radius 1 is 1.33 bits per heavy atom. The number of nitrogens with zero attached hydrogens (tertiary/aromatic N) is 1. The molecule has 4 heteroatoms. The number of carbonyl (C=O) groups excluding carboxylic acids is 1. The Morgan fingerprint density at radius 3 is 2.62 bits per heavy atom. The zero-order chi connectivity index (χ0) is 15.6. The highest BCUT2D eigenvalue weighted by atomic mass is 79.9. The van der Waals surface area contributed by atoms with Gasteiger partial charge in [-0.2, -0.15) is 0 Å². The Hall–Kier alpha value is -1.55. The highest BCUT2D eigenvalue weighted by molar-refractivity contribution is 9.10. The second kappa shape index (κ2) is 6.48. The van der Waals surface area contributed by atoms with Gasteiger partial charge in [-0.1, -0.05) is 15.9 Å². The average molecular weight is 350 g/mol. The van der Waals surface area contributed by atoms with Gasteiger partial charge < -0.3 is 9.32 Å². The summed E-state index contributed by atoms with van der Waals surface area (Å²) in [6.45, 7) is 9.30. The van der Waals surface area contributed by atoms with E-state index in [1.54, 1.807) is 11.0 Å². The van der Waals surface area contributed by atoms with Gasteiger partial charge >= 0.3 is 0 Å². The molecule has 3 nitrogen and oxygen atoms in total. The molecule has 2 aromatic rings. The number of allylic oxidation sites excluding steroid dienone is 1. The van der Waals surface area contributed by atoms with Crippen LogP contribution in [0.2, 0.25) is 0 Å². The second-order valence-electron chi connectivity index (χ2n) is 5.01. The van der Waals surface area contributed by atoms with Gasteiger partial charge in [-0.25, -0.2) is 0 Å². The summed E-state index contributed by atoms with van der Waals surface area (Å²) in [5.41, 5.74) is 2.78. The van der Waals surface area contributed by atoms with E-state index in [-0.39, 0.29) is 5.91 Å².